The van der Waals surface area contributed by atoms with Gasteiger partial charge in [0.1, 0.15) is 5.75 Å². The van der Waals surface area contributed by atoms with Crippen molar-refractivity contribution in [1.82, 2.24) is 15.4 Å². The molecule has 3 aromatic carbocycles. The van der Waals surface area contributed by atoms with Crippen molar-refractivity contribution >= 4 is 50.1 Å². The van der Waals surface area contributed by atoms with E-state index >= 15 is 0 Å². The lowest BCUT2D eigenvalue weighted by Crippen LogP contribution is -2.05. The summed E-state index contributed by atoms with van der Waals surface area (Å²) in [5.41, 5.74) is 2.24. The van der Waals surface area contributed by atoms with E-state index in [1.54, 1.807) is 19.2 Å². The minimum Gasteiger partial charge on any atom is -0.495 e. The Kier molecular flexibility index (Phi) is 5.24. The summed E-state index contributed by atoms with van der Waals surface area (Å²) in [6.45, 7) is 2.05. The van der Waals surface area contributed by atoms with Crippen LogP contribution in [-0.2, 0) is 17.4 Å². The number of ether oxygens (including phenoxy) is 1. The van der Waals surface area contributed by atoms with E-state index in [1.165, 1.54) is 0 Å². The molecule has 5 rings (SSSR count). The zero-order valence-corrected chi connectivity index (χ0v) is 18.3. The number of anilines is 3. The van der Waals surface area contributed by atoms with Gasteiger partial charge in [-0.1, -0.05) is 42.4 Å². The zero-order valence-electron chi connectivity index (χ0n) is 17.5. The number of aromatic amines is 1. The second kappa shape index (κ2) is 8.35. The first-order valence-electron chi connectivity index (χ1n) is 10.1. The highest BCUT2D eigenvalue weighted by Crippen LogP contribution is 2.35. The first-order chi connectivity index (χ1) is 15.6. The standard InChI is InChI=1S/C23H21N5O3S/c1-3-16-11-22(26-25-16)24-19-13-20-18(12-21(19)30-2)23(27-31-20)28-32(29)17-9-8-14-6-4-5-7-15(14)10-17/h4-13H,3H2,1-2H3,(H,27,28)(H2,24,25,26). The third-order valence-electron chi connectivity index (χ3n) is 5.19. The molecule has 0 bridgehead atoms. The predicted octanol–water partition coefficient (Wildman–Crippen LogP) is 5.15. The fourth-order valence-corrected chi connectivity index (χ4v) is 4.35. The Morgan fingerprint density at radius 3 is 2.72 bits per heavy atom. The average Bonchev–Trinajstić information content (AvgIpc) is 3.44. The Morgan fingerprint density at radius 2 is 1.94 bits per heavy atom. The molecule has 2 heterocycles. The van der Waals surface area contributed by atoms with Crippen molar-refractivity contribution in [1.29, 1.82) is 0 Å². The first-order valence-corrected chi connectivity index (χ1v) is 11.3. The topological polar surface area (TPSA) is 105 Å². The summed E-state index contributed by atoms with van der Waals surface area (Å²) in [6.07, 6.45) is 0.857. The molecular formula is C23H21N5O3S. The molecule has 3 N–H and O–H groups in total. The lowest BCUT2D eigenvalue weighted by molar-refractivity contribution is 0.417. The third kappa shape index (κ3) is 3.78. The number of aromatic nitrogens is 3. The van der Waals surface area contributed by atoms with Crippen LogP contribution in [0.3, 0.4) is 0 Å². The normalized spacial score (nSPS) is 12.2. The van der Waals surface area contributed by atoms with E-state index in [2.05, 4.69) is 32.3 Å². The molecule has 5 aromatic rings. The Labute approximate surface area is 186 Å². The molecule has 32 heavy (non-hydrogen) atoms. The van der Waals surface area contributed by atoms with Crippen molar-refractivity contribution in [3.05, 3.63) is 66.4 Å². The van der Waals surface area contributed by atoms with E-state index in [1.807, 2.05) is 48.5 Å². The molecule has 8 nitrogen and oxygen atoms in total. The number of aryl methyl sites for hydroxylation is 1. The highest BCUT2D eigenvalue weighted by molar-refractivity contribution is 7.86. The predicted molar refractivity (Wildman–Crippen MR) is 126 cm³/mol. The SMILES string of the molecule is CCc1cc(Nc2cc3onc(NS(=O)c4ccc5ccccc5c4)c3cc2OC)n[nH]1. The Morgan fingerprint density at radius 1 is 1.09 bits per heavy atom. The number of H-pyrrole nitrogens is 1. The lowest BCUT2D eigenvalue weighted by atomic mass is 10.1. The number of methoxy groups -OCH3 is 1. The van der Waals surface area contributed by atoms with Crippen molar-refractivity contribution in [2.45, 2.75) is 18.2 Å². The molecule has 162 valence electrons. The summed E-state index contributed by atoms with van der Waals surface area (Å²) >= 11 is 0. The smallest absolute Gasteiger partial charge is 0.189 e. The number of hydrogen-bond donors (Lipinski definition) is 3. The van der Waals surface area contributed by atoms with Crippen LogP contribution in [-0.4, -0.2) is 26.7 Å². The van der Waals surface area contributed by atoms with Gasteiger partial charge in [-0.2, -0.15) is 5.10 Å². The Balaban J connectivity index is 1.43. The number of benzene rings is 3. The van der Waals surface area contributed by atoms with Crippen LogP contribution in [0.1, 0.15) is 12.6 Å². The van der Waals surface area contributed by atoms with Gasteiger partial charge in [-0.25, -0.2) is 4.21 Å². The van der Waals surface area contributed by atoms with E-state index in [9.17, 15) is 4.21 Å². The van der Waals surface area contributed by atoms with Gasteiger partial charge in [0.2, 0.25) is 0 Å². The number of hydrogen-bond acceptors (Lipinski definition) is 6. The fraction of sp³-hybridized carbons (Fsp3) is 0.130. The van der Waals surface area contributed by atoms with Gasteiger partial charge in [-0.05, 0) is 35.4 Å². The van der Waals surface area contributed by atoms with Crippen LogP contribution in [0.15, 0.2) is 70.1 Å². The largest absolute Gasteiger partial charge is 0.495 e. The van der Waals surface area contributed by atoms with Crippen LogP contribution < -0.4 is 14.8 Å². The molecule has 0 saturated heterocycles. The maximum atomic E-state index is 13.0. The minimum absolute atomic E-state index is 0.379. The summed E-state index contributed by atoms with van der Waals surface area (Å²) in [6, 6.07) is 19.1. The Bertz CT molecular complexity index is 1440. The summed E-state index contributed by atoms with van der Waals surface area (Å²) in [7, 11) is 0.0738. The van der Waals surface area contributed by atoms with Crippen molar-refractivity contribution in [2.24, 2.45) is 0 Å². The van der Waals surface area contributed by atoms with E-state index in [4.69, 9.17) is 9.26 Å². The number of nitrogens with zero attached hydrogens (tertiary/aromatic N) is 2. The molecule has 0 aliphatic carbocycles. The molecule has 0 aliphatic rings. The summed E-state index contributed by atoms with van der Waals surface area (Å²) in [5.74, 6) is 1.64. The number of fused-ring (bicyclic) bond motifs is 2. The van der Waals surface area contributed by atoms with Crippen molar-refractivity contribution in [2.75, 3.05) is 17.1 Å². The molecule has 0 aliphatic heterocycles. The first kappa shape index (κ1) is 20.1. The van der Waals surface area contributed by atoms with Gasteiger partial charge in [0.15, 0.2) is 28.2 Å². The van der Waals surface area contributed by atoms with E-state index in [-0.39, 0.29) is 0 Å². The Hall–Kier alpha value is -3.85. The van der Waals surface area contributed by atoms with Crippen LogP contribution in [0.5, 0.6) is 5.75 Å². The highest BCUT2D eigenvalue weighted by Gasteiger charge is 2.17. The second-order valence-corrected chi connectivity index (χ2v) is 8.43. The molecule has 0 spiro atoms. The maximum Gasteiger partial charge on any atom is 0.189 e. The van der Waals surface area contributed by atoms with E-state index in [0.717, 1.165) is 22.9 Å². The van der Waals surface area contributed by atoms with Crippen LogP contribution in [0, 0.1) is 0 Å². The molecule has 1 atom stereocenters. The van der Waals surface area contributed by atoms with Gasteiger partial charge in [-0.15, -0.1) is 0 Å². The van der Waals surface area contributed by atoms with E-state index in [0.29, 0.717) is 38.9 Å². The summed E-state index contributed by atoms with van der Waals surface area (Å²) < 4.78 is 26.9. The average molecular weight is 448 g/mol. The lowest BCUT2D eigenvalue weighted by Gasteiger charge is -2.09. The molecular weight excluding hydrogens is 426 g/mol. The van der Waals surface area contributed by atoms with Crippen LogP contribution in [0.4, 0.5) is 17.3 Å². The number of nitrogens with one attached hydrogen (secondary N) is 3. The van der Waals surface area contributed by atoms with Gasteiger partial charge in [0.25, 0.3) is 0 Å². The molecule has 0 radical (unpaired) electrons. The zero-order chi connectivity index (χ0) is 22.1. The van der Waals surface area contributed by atoms with Crippen molar-refractivity contribution < 1.29 is 13.5 Å². The maximum absolute atomic E-state index is 13.0. The minimum atomic E-state index is -1.51. The third-order valence-corrected chi connectivity index (χ3v) is 6.25. The van der Waals surface area contributed by atoms with Crippen LogP contribution >= 0.6 is 0 Å². The quantitative estimate of drug-likeness (QED) is 0.319. The molecule has 2 aromatic heterocycles. The summed E-state index contributed by atoms with van der Waals surface area (Å²) in [5, 5.41) is 17.3. The van der Waals surface area contributed by atoms with Gasteiger partial charge >= 0.3 is 0 Å². The molecule has 0 fully saturated rings. The van der Waals surface area contributed by atoms with Crippen molar-refractivity contribution in [3.63, 3.8) is 0 Å². The monoisotopic (exact) mass is 447 g/mol. The summed E-state index contributed by atoms with van der Waals surface area (Å²) in [4.78, 5) is 0.648. The van der Waals surface area contributed by atoms with Crippen LogP contribution in [0.25, 0.3) is 21.7 Å². The van der Waals surface area contributed by atoms with Gasteiger partial charge in [0, 0.05) is 17.8 Å². The number of rotatable bonds is 7. The molecule has 9 heteroatoms. The molecule has 0 saturated carbocycles. The highest BCUT2D eigenvalue weighted by atomic mass is 32.2. The van der Waals surface area contributed by atoms with Gasteiger partial charge in [-0.3, -0.25) is 9.82 Å². The fourth-order valence-electron chi connectivity index (χ4n) is 3.48. The molecule has 0 amide bonds. The van der Waals surface area contributed by atoms with Gasteiger partial charge < -0.3 is 14.6 Å². The van der Waals surface area contributed by atoms with Crippen LogP contribution in [0.2, 0.25) is 0 Å². The van der Waals surface area contributed by atoms with Crippen molar-refractivity contribution in [3.8, 4) is 5.75 Å². The second-order valence-electron chi connectivity index (χ2n) is 7.22. The van der Waals surface area contributed by atoms with E-state index < -0.39 is 11.0 Å². The molecule has 1 unspecified atom stereocenters. The van der Waals surface area contributed by atoms with Gasteiger partial charge in [0.05, 0.1) is 23.1 Å².